The first-order chi connectivity index (χ1) is 14.3. The van der Waals surface area contributed by atoms with Gasteiger partial charge in [0.05, 0.1) is 12.1 Å². The molecule has 0 amide bonds. The lowest BCUT2D eigenvalue weighted by Crippen LogP contribution is -2.62. The lowest BCUT2D eigenvalue weighted by Gasteiger charge is -2.59. The van der Waals surface area contributed by atoms with Gasteiger partial charge in [0.15, 0.2) is 5.69 Å². The lowest BCUT2D eigenvalue weighted by molar-refractivity contribution is -0.274. The van der Waals surface area contributed by atoms with Crippen LogP contribution in [-0.2, 0) is 0 Å². The minimum atomic E-state index is -4.66. The number of hydrogen-bond acceptors (Lipinski definition) is 3. The van der Waals surface area contributed by atoms with Gasteiger partial charge in [-0.05, 0) is 60.0 Å². The molecule has 2 aromatic carbocycles. The average Bonchev–Trinajstić information content (AvgIpc) is 2.65. The number of benzene rings is 2. The van der Waals surface area contributed by atoms with Gasteiger partial charge in [0.1, 0.15) is 11.6 Å². The normalized spacial score (nSPS) is 18.0. The second-order valence-corrected chi connectivity index (χ2v) is 8.24. The Kier molecular flexibility index (Phi) is 4.14. The van der Waals surface area contributed by atoms with Crippen molar-refractivity contribution in [1.29, 1.82) is 0 Å². The van der Waals surface area contributed by atoms with E-state index in [9.17, 15) is 13.2 Å². The van der Waals surface area contributed by atoms with E-state index in [1.165, 1.54) is 12.1 Å². The first kappa shape index (κ1) is 18.7. The minimum Gasteiger partial charge on any atom is -0.406 e. The van der Waals surface area contributed by atoms with Gasteiger partial charge < -0.3 is 9.64 Å². The zero-order valence-electron chi connectivity index (χ0n) is 16.0. The Balaban J connectivity index is 1.20. The van der Waals surface area contributed by atoms with Crippen LogP contribution in [-0.4, -0.2) is 24.4 Å². The van der Waals surface area contributed by atoms with Crippen LogP contribution in [0.1, 0.15) is 24.3 Å². The predicted octanol–water partition coefficient (Wildman–Crippen LogP) is 6.07. The molecule has 0 unspecified atom stereocenters. The molecule has 7 heteroatoms. The fourth-order valence-corrected chi connectivity index (χ4v) is 4.69. The van der Waals surface area contributed by atoms with Gasteiger partial charge in [0, 0.05) is 18.5 Å². The van der Waals surface area contributed by atoms with Crippen LogP contribution in [0.4, 0.5) is 24.7 Å². The van der Waals surface area contributed by atoms with E-state index in [0.717, 1.165) is 48.2 Å². The van der Waals surface area contributed by atoms with Crippen molar-refractivity contribution in [2.24, 2.45) is 5.41 Å². The van der Waals surface area contributed by atoms with Gasteiger partial charge in [-0.25, -0.2) is 9.83 Å². The fourth-order valence-electron chi connectivity index (χ4n) is 4.69. The first-order valence-electron chi connectivity index (χ1n) is 9.72. The van der Waals surface area contributed by atoms with Crippen molar-refractivity contribution in [2.45, 2.75) is 25.1 Å². The van der Waals surface area contributed by atoms with Crippen LogP contribution in [0.25, 0.3) is 15.7 Å². The highest BCUT2D eigenvalue weighted by molar-refractivity contribution is 5.84. The van der Waals surface area contributed by atoms with Gasteiger partial charge in [-0.3, -0.25) is 0 Å². The molecule has 1 saturated heterocycles. The van der Waals surface area contributed by atoms with E-state index in [4.69, 9.17) is 11.6 Å². The largest absolute Gasteiger partial charge is 0.573 e. The molecule has 1 spiro atoms. The molecule has 0 atom stereocenters. The summed E-state index contributed by atoms with van der Waals surface area (Å²) in [5.41, 5.74) is 2.83. The van der Waals surface area contributed by atoms with Crippen LogP contribution >= 0.6 is 0 Å². The van der Waals surface area contributed by atoms with E-state index in [2.05, 4.69) is 14.5 Å². The van der Waals surface area contributed by atoms with Gasteiger partial charge in [0.25, 0.3) is 0 Å². The van der Waals surface area contributed by atoms with E-state index in [1.54, 1.807) is 18.2 Å². The number of anilines is 1. The van der Waals surface area contributed by atoms with Gasteiger partial charge in [-0.2, -0.15) is 0 Å². The summed E-state index contributed by atoms with van der Waals surface area (Å²) in [6.45, 7) is 8.99. The van der Waals surface area contributed by atoms with E-state index < -0.39 is 6.36 Å². The molecule has 1 aromatic heterocycles. The number of fused-ring (bicyclic) bond motifs is 1. The summed E-state index contributed by atoms with van der Waals surface area (Å²) in [6.07, 6.45) is -2.59. The molecule has 5 rings (SSSR count). The molecule has 0 bridgehead atoms. The molecular weight excluding hydrogens is 391 g/mol. The zero-order valence-corrected chi connectivity index (χ0v) is 16.0. The number of hydrogen-bond donors (Lipinski definition) is 0. The number of rotatable bonds is 3. The Morgan fingerprint density at radius 2 is 1.77 bits per heavy atom. The summed E-state index contributed by atoms with van der Waals surface area (Å²) < 4.78 is 40.8. The van der Waals surface area contributed by atoms with Crippen LogP contribution in [0.5, 0.6) is 5.75 Å². The number of pyridine rings is 1. The van der Waals surface area contributed by atoms with E-state index in [-0.39, 0.29) is 11.2 Å². The van der Waals surface area contributed by atoms with Crippen LogP contribution in [0.3, 0.4) is 0 Å². The Morgan fingerprint density at radius 3 is 2.43 bits per heavy atom. The molecule has 2 heterocycles. The number of aromatic nitrogens is 1. The highest BCUT2D eigenvalue weighted by Crippen LogP contribution is 2.56. The van der Waals surface area contributed by atoms with Crippen LogP contribution in [0.15, 0.2) is 54.6 Å². The van der Waals surface area contributed by atoms with Crippen molar-refractivity contribution in [1.82, 2.24) is 4.98 Å². The lowest BCUT2D eigenvalue weighted by atomic mass is 9.56. The number of nitrogens with zero attached hydrogens (tertiary/aromatic N) is 3. The Hall–Kier alpha value is -3.27. The molecule has 3 aromatic rings. The summed E-state index contributed by atoms with van der Waals surface area (Å²) in [5, 5.41) is 0.962. The van der Waals surface area contributed by atoms with Crippen molar-refractivity contribution in [3.05, 3.63) is 71.6 Å². The Labute approximate surface area is 171 Å². The van der Waals surface area contributed by atoms with Crippen molar-refractivity contribution >= 4 is 22.4 Å². The quantitative estimate of drug-likeness (QED) is 0.492. The first-order valence-corrected chi connectivity index (χ1v) is 9.72. The maximum Gasteiger partial charge on any atom is 0.573 e. The standard InChI is InChI=1S/C23H18F3N3O/c1-27-18-5-8-20-16(10-18)4-9-21(28-20)29-13-22(14-29)11-17(12-22)15-2-6-19(7-3-15)30-23(24,25)26/h2-10,17H,11-14H2. The molecule has 1 aliphatic carbocycles. The smallest absolute Gasteiger partial charge is 0.406 e. The van der Waals surface area contributed by atoms with E-state index in [0.29, 0.717) is 11.6 Å². The third kappa shape index (κ3) is 3.43. The van der Waals surface area contributed by atoms with Crippen LogP contribution in [0, 0.1) is 12.0 Å². The van der Waals surface area contributed by atoms with Crippen molar-refractivity contribution in [3.63, 3.8) is 0 Å². The fraction of sp³-hybridized carbons (Fsp3) is 0.304. The Morgan fingerprint density at radius 1 is 1.03 bits per heavy atom. The van der Waals surface area contributed by atoms with Crippen LogP contribution in [0.2, 0.25) is 0 Å². The number of halogens is 3. The molecule has 1 aliphatic heterocycles. The van der Waals surface area contributed by atoms with E-state index in [1.807, 2.05) is 24.3 Å². The van der Waals surface area contributed by atoms with Gasteiger partial charge >= 0.3 is 6.36 Å². The number of ether oxygens (including phenoxy) is 1. The summed E-state index contributed by atoms with van der Waals surface area (Å²) in [5.74, 6) is 1.14. The summed E-state index contributed by atoms with van der Waals surface area (Å²) in [7, 11) is 0. The molecule has 30 heavy (non-hydrogen) atoms. The molecule has 0 N–H and O–H groups in total. The second kappa shape index (κ2) is 6.63. The summed E-state index contributed by atoms with van der Waals surface area (Å²) in [6, 6.07) is 15.8. The molecule has 152 valence electrons. The molecule has 4 nitrogen and oxygen atoms in total. The monoisotopic (exact) mass is 409 g/mol. The van der Waals surface area contributed by atoms with Crippen molar-refractivity contribution < 1.29 is 17.9 Å². The van der Waals surface area contributed by atoms with Gasteiger partial charge in [-0.1, -0.05) is 24.3 Å². The summed E-state index contributed by atoms with van der Waals surface area (Å²) >= 11 is 0. The highest BCUT2D eigenvalue weighted by Gasteiger charge is 2.52. The molecule has 2 fully saturated rings. The third-order valence-corrected chi connectivity index (χ3v) is 6.11. The van der Waals surface area contributed by atoms with Crippen molar-refractivity contribution in [2.75, 3.05) is 18.0 Å². The van der Waals surface area contributed by atoms with Crippen molar-refractivity contribution in [3.8, 4) is 5.75 Å². The second-order valence-electron chi connectivity index (χ2n) is 8.24. The van der Waals surface area contributed by atoms with Crippen LogP contribution < -0.4 is 9.64 Å². The Bertz CT molecular complexity index is 1140. The maximum absolute atomic E-state index is 12.3. The highest BCUT2D eigenvalue weighted by atomic mass is 19.4. The predicted molar refractivity (Wildman–Crippen MR) is 108 cm³/mol. The number of alkyl halides is 3. The van der Waals surface area contributed by atoms with Gasteiger partial charge in [-0.15, -0.1) is 13.2 Å². The third-order valence-electron chi connectivity index (χ3n) is 6.11. The SMILES string of the molecule is [C-]#[N+]c1ccc2nc(N3CC4(CC(c5ccc(OC(F)(F)F)cc5)C4)C3)ccc2c1. The maximum atomic E-state index is 12.3. The molecule has 1 saturated carbocycles. The molecule has 2 aliphatic rings. The summed E-state index contributed by atoms with van der Waals surface area (Å²) in [4.78, 5) is 10.4. The molecular formula is C23H18F3N3O. The topological polar surface area (TPSA) is 29.7 Å². The van der Waals surface area contributed by atoms with Gasteiger partial charge in [0.2, 0.25) is 0 Å². The zero-order chi connectivity index (χ0) is 20.9. The van der Waals surface area contributed by atoms with E-state index >= 15 is 0 Å². The minimum absolute atomic E-state index is 0.180. The molecule has 0 radical (unpaired) electrons. The average molecular weight is 409 g/mol.